The van der Waals surface area contributed by atoms with E-state index in [1.807, 2.05) is 30.5 Å². The van der Waals surface area contributed by atoms with Gasteiger partial charge in [0.2, 0.25) is 0 Å². The second kappa shape index (κ2) is 9.36. The number of rotatable bonds is 5. The van der Waals surface area contributed by atoms with Crippen molar-refractivity contribution in [3.8, 4) is 28.1 Å². The summed E-state index contributed by atoms with van der Waals surface area (Å²) >= 11 is 0. The minimum atomic E-state index is -0.854. The summed E-state index contributed by atoms with van der Waals surface area (Å²) in [7, 11) is 1.69. The van der Waals surface area contributed by atoms with Crippen LogP contribution in [0.25, 0.3) is 28.0 Å². The van der Waals surface area contributed by atoms with Gasteiger partial charge in [-0.25, -0.2) is 8.78 Å². The van der Waals surface area contributed by atoms with Crippen molar-refractivity contribution >= 4 is 5.57 Å². The molecule has 0 spiro atoms. The summed E-state index contributed by atoms with van der Waals surface area (Å²) in [5, 5.41) is 0. The molecule has 182 valence electrons. The molecule has 0 radical (unpaired) electrons. The maximum absolute atomic E-state index is 14.1. The van der Waals surface area contributed by atoms with E-state index < -0.39 is 11.6 Å². The molecule has 0 amide bonds. The SMILES string of the molecule is COc1ccc([C@@H]2C[C@H]3C=C(c4c[nH]c(-c5ccc(F)c(F)c5)c4-c4ccncc4)CCN3C2)cc1. The summed E-state index contributed by atoms with van der Waals surface area (Å²) in [5.41, 5.74) is 7.11. The molecule has 1 N–H and O–H groups in total. The third-order valence-corrected chi connectivity index (χ3v) is 7.50. The lowest BCUT2D eigenvalue weighted by Gasteiger charge is -2.28. The number of hydrogen-bond donors (Lipinski definition) is 1. The zero-order valence-electron chi connectivity index (χ0n) is 20.0. The molecule has 6 heteroatoms. The van der Waals surface area contributed by atoms with E-state index in [4.69, 9.17) is 4.74 Å². The fraction of sp³-hybridized carbons (Fsp3) is 0.233. The van der Waals surface area contributed by atoms with E-state index in [1.165, 1.54) is 23.3 Å². The molecule has 2 aliphatic heterocycles. The van der Waals surface area contributed by atoms with Crippen molar-refractivity contribution in [2.75, 3.05) is 20.2 Å². The Labute approximate surface area is 209 Å². The van der Waals surface area contributed by atoms with E-state index in [-0.39, 0.29) is 0 Å². The minimum absolute atomic E-state index is 0.368. The molecule has 2 atom stereocenters. The van der Waals surface area contributed by atoms with Crippen LogP contribution in [0.1, 0.15) is 29.9 Å². The minimum Gasteiger partial charge on any atom is -0.497 e. The zero-order chi connectivity index (χ0) is 24.6. The van der Waals surface area contributed by atoms with Crippen molar-refractivity contribution in [3.63, 3.8) is 0 Å². The summed E-state index contributed by atoms with van der Waals surface area (Å²) in [6, 6.07) is 16.8. The smallest absolute Gasteiger partial charge is 0.159 e. The Kier molecular flexibility index (Phi) is 5.89. The van der Waals surface area contributed by atoms with Gasteiger partial charge in [0.1, 0.15) is 5.75 Å². The Balaban J connectivity index is 1.35. The molecule has 2 aliphatic rings. The van der Waals surface area contributed by atoms with E-state index in [9.17, 15) is 8.78 Å². The van der Waals surface area contributed by atoms with Gasteiger partial charge in [0.25, 0.3) is 0 Å². The Morgan fingerprint density at radius 3 is 2.53 bits per heavy atom. The summed E-state index contributed by atoms with van der Waals surface area (Å²) < 4.78 is 33.1. The highest BCUT2D eigenvalue weighted by Gasteiger charge is 2.34. The Morgan fingerprint density at radius 2 is 1.78 bits per heavy atom. The van der Waals surface area contributed by atoms with Gasteiger partial charge in [-0.05, 0) is 77.9 Å². The van der Waals surface area contributed by atoms with Crippen LogP contribution in [0.5, 0.6) is 5.75 Å². The van der Waals surface area contributed by atoms with E-state index in [0.717, 1.165) is 54.1 Å². The van der Waals surface area contributed by atoms with Crippen LogP contribution in [-0.2, 0) is 0 Å². The predicted octanol–water partition coefficient (Wildman–Crippen LogP) is 6.68. The number of hydrogen-bond acceptors (Lipinski definition) is 3. The molecule has 0 bridgehead atoms. The number of methoxy groups -OCH3 is 1. The molecule has 1 saturated heterocycles. The number of halogens is 2. The summed E-state index contributed by atoms with van der Waals surface area (Å²) in [5.74, 6) is -0.337. The Morgan fingerprint density at radius 1 is 0.972 bits per heavy atom. The summed E-state index contributed by atoms with van der Waals surface area (Å²) in [4.78, 5) is 10.1. The first kappa shape index (κ1) is 22.7. The van der Waals surface area contributed by atoms with Gasteiger partial charge in [-0.2, -0.15) is 0 Å². The number of pyridine rings is 1. The maximum Gasteiger partial charge on any atom is 0.159 e. The third kappa shape index (κ3) is 4.11. The molecule has 2 aromatic heterocycles. The van der Waals surface area contributed by atoms with E-state index >= 15 is 0 Å². The molecular weight excluding hydrogens is 456 g/mol. The second-order valence-corrected chi connectivity index (χ2v) is 9.53. The molecule has 6 rings (SSSR count). The van der Waals surface area contributed by atoms with Gasteiger partial charge in [-0.3, -0.25) is 9.88 Å². The number of aromatic nitrogens is 2. The molecule has 0 unspecified atom stereocenters. The highest BCUT2D eigenvalue weighted by molar-refractivity contribution is 5.91. The average Bonchev–Trinajstić information content (AvgIpc) is 3.55. The fourth-order valence-electron chi connectivity index (χ4n) is 5.66. The van der Waals surface area contributed by atoms with Gasteiger partial charge in [-0.15, -0.1) is 0 Å². The van der Waals surface area contributed by atoms with Gasteiger partial charge in [0, 0.05) is 54.4 Å². The maximum atomic E-state index is 14.1. The number of aromatic amines is 1. The molecule has 36 heavy (non-hydrogen) atoms. The summed E-state index contributed by atoms with van der Waals surface area (Å²) in [6.45, 7) is 2.04. The molecule has 4 nitrogen and oxygen atoms in total. The van der Waals surface area contributed by atoms with Crippen LogP contribution < -0.4 is 4.74 Å². The quantitative estimate of drug-likeness (QED) is 0.344. The molecule has 4 aromatic rings. The first-order valence-electron chi connectivity index (χ1n) is 12.3. The third-order valence-electron chi connectivity index (χ3n) is 7.50. The largest absolute Gasteiger partial charge is 0.497 e. The fourth-order valence-corrected chi connectivity index (χ4v) is 5.66. The van der Waals surface area contributed by atoms with Crippen LogP contribution in [0.15, 0.2) is 79.3 Å². The molecule has 4 heterocycles. The molecule has 0 aliphatic carbocycles. The number of fused-ring (bicyclic) bond motifs is 1. The number of nitrogens with one attached hydrogen (secondary N) is 1. The number of H-pyrrole nitrogens is 1. The number of nitrogens with zero attached hydrogens (tertiary/aromatic N) is 2. The lowest BCUT2D eigenvalue weighted by Crippen LogP contribution is -2.32. The Hall–Kier alpha value is -3.77. The first-order chi connectivity index (χ1) is 17.6. The van der Waals surface area contributed by atoms with Crippen LogP contribution in [0.4, 0.5) is 8.78 Å². The highest BCUT2D eigenvalue weighted by Crippen LogP contribution is 2.43. The average molecular weight is 484 g/mol. The van der Waals surface area contributed by atoms with Gasteiger partial charge in [0.05, 0.1) is 12.8 Å². The highest BCUT2D eigenvalue weighted by atomic mass is 19.2. The van der Waals surface area contributed by atoms with Crippen molar-refractivity contribution in [1.82, 2.24) is 14.9 Å². The van der Waals surface area contributed by atoms with Crippen LogP contribution in [0.2, 0.25) is 0 Å². The number of ether oxygens (including phenoxy) is 1. The van der Waals surface area contributed by atoms with Crippen molar-refractivity contribution < 1.29 is 13.5 Å². The molecule has 0 saturated carbocycles. The van der Waals surface area contributed by atoms with Crippen molar-refractivity contribution in [2.45, 2.75) is 24.8 Å². The van der Waals surface area contributed by atoms with E-state index in [2.05, 4.69) is 33.1 Å². The Bertz CT molecular complexity index is 1410. The first-order valence-corrected chi connectivity index (χ1v) is 12.3. The van der Waals surface area contributed by atoms with Crippen LogP contribution in [0.3, 0.4) is 0 Å². The summed E-state index contributed by atoms with van der Waals surface area (Å²) in [6.07, 6.45) is 9.92. The zero-order valence-corrected chi connectivity index (χ0v) is 20.0. The topological polar surface area (TPSA) is 41.1 Å². The van der Waals surface area contributed by atoms with Crippen LogP contribution in [-0.4, -0.2) is 41.1 Å². The van der Waals surface area contributed by atoms with Gasteiger partial charge >= 0.3 is 0 Å². The molecule has 2 aromatic carbocycles. The van der Waals surface area contributed by atoms with Crippen molar-refractivity contribution in [1.29, 1.82) is 0 Å². The van der Waals surface area contributed by atoms with Gasteiger partial charge in [0.15, 0.2) is 11.6 Å². The van der Waals surface area contributed by atoms with Crippen molar-refractivity contribution in [2.24, 2.45) is 0 Å². The number of benzene rings is 2. The van der Waals surface area contributed by atoms with Crippen molar-refractivity contribution in [3.05, 3.63) is 102 Å². The molecular formula is C30H27F2N3O. The molecule has 1 fully saturated rings. The van der Waals surface area contributed by atoms with E-state index in [1.54, 1.807) is 25.6 Å². The second-order valence-electron chi connectivity index (χ2n) is 9.53. The van der Waals surface area contributed by atoms with Crippen LogP contribution >= 0.6 is 0 Å². The van der Waals surface area contributed by atoms with Crippen LogP contribution in [0, 0.1) is 11.6 Å². The van der Waals surface area contributed by atoms with Gasteiger partial charge < -0.3 is 9.72 Å². The lowest BCUT2D eigenvalue weighted by atomic mass is 9.90. The normalized spacial score (nSPS) is 19.7. The predicted molar refractivity (Wildman–Crippen MR) is 138 cm³/mol. The van der Waals surface area contributed by atoms with E-state index in [0.29, 0.717) is 17.5 Å². The standard InChI is InChI=1S/C30H27F2N3O/c1-36-25-5-2-19(3-6-25)23-15-24-14-21(10-13-35(24)18-23)26-17-34-30(22-4-7-27(31)28(32)16-22)29(26)20-8-11-33-12-9-20/h2-9,11-12,14,16-17,23-24,34H,10,13,15,18H2,1H3/t23-,24-/m1/s1. The van der Waals surface area contributed by atoms with Gasteiger partial charge in [-0.1, -0.05) is 18.2 Å². The lowest BCUT2D eigenvalue weighted by molar-refractivity contribution is 0.286. The monoisotopic (exact) mass is 483 g/mol.